The third-order valence-corrected chi connectivity index (χ3v) is 14.6. The van der Waals surface area contributed by atoms with E-state index in [1.165, 1.54) is 12.7 Å². The van der Waals surface area contributed by atoms with Crippen LogP contribution >= 0.6 is 0 Å². The van der Waals surface area contributed by atoms with E-state index in [4.69, 9.17) is 14.7 Å². The Morgan fingerprint density at radius 1 is 0.721 bits per heavy atom. The fourth-order valence-electron chi connectivity index (χ4n) is 10.2. The first-order valence-electron chi connectivity index (χ1n) is 22.8. The number of hydrogen-bond donors (Lipinski definition) is 4. The van der Waals surface area contributed by atoms with Gasteiger partial charge in [-0.05, 0) is 113 Å². The molecule has 0 unspecified atom stereocenters. The number of hydrogen-bond acceptors (Lipinski definition) is 8. The van der Waals surface area contributed by atoms with Crippen LogP contribution < -0.4 is 10.6 Å². The van der Waals surface area contributed by atoms with E-state index in [-0.39, 0.29) is 58.4 Å². The Hall–Kier alpha value is -4.72. The summed E-state index contributed by atoms with van der Waals surface area (Å²) in [7, 11) is 3.39. The monoisotopic (exact) mass is 840 g/mol. The van der Waals surface area contributed by atoms with Crippen LogP contribution in [-0.2, 0) is 30.0 Å². The standard InChI is InChI=1S/C47H69N9O5/c1-29(2)38(52-42(57)32-17-25-54(7)26-18-32)43(58)55-23-9-11-35(55)40-48-27-34(50-40)31-13-15-33(16-14-31)46(5)19-21-47(6,22-20-46)37-28-49-41(51-37)36-12-10-24-56(36)44(59)39(30(3)4)53-45(60)61-8/h13-16,27-30,32,35-36,38-39H,9-12,17-26H2,1-8H3,(H,48,50)(H,49,51)(H,52,57)(H,53,60)/t35-,36-,38-,39-,46?,47?/m0/s1. The minimum atomic E-state index is -0.666. The zero-order valence-electron chi connectivity index (χ0n) is 37.7. The number of H-pyrrole nitrogens is 2. The second-order valence-electron chi connectivity index (χ2n) is 19.6. The van der Waals surface area contributed by atoms with Crippen molar-refractivity contribution in [3.8, 4) is 11.3 Å². The normalized spacial score (nSPS) is 26.1. The lowest BCUT2D eigenvalue weighted by molar-refractivity contribution is -0.140. The summed E-state index contributed by atoms with van der Waals surface area (Å²) >= 11 is 0. The highest BCUT2D eigenvalue weighted by Crippen LogP contribution is 2.48. The Morgan fingerprint density at radius 2 is 1.25 bits per heavy atom. The molecule has 0 bridgehead atoms. The van der Waals surface area contributed by atoms with Crippen molar-refractivity contribution in [3.05, 3.63) is 59.6 Å². The zero-order valence-corrected chi connectivity index (χ0v) is 37.7. The third kappa shape index (κ3) is 9.39. The first-order valence-corrected chi connectivity index (χ1v) is 22.8. The molecular weight excluding hydrogens is 771 g/mol. The molecule has 3 aliphatic heterocycles. The van der Waals surface area contributed by atoms with Gasteiger partial charge in [0.15, 0.2) is 0 Å². The number of imidazole rings is 2. The van der Waals surface area contributed by atoms with Crippen LogP contribution in [0.25, 0.3) is 11.3 Å². The zero-order chi connectivity index (χ0) is 43.6. The highest BCUT2D eigenvalue weighted by atomic mass is 16.5. The lowest BCUT2D eigenvalue weighted by Crippen LogP contribution is -2.53. The highest BCUT2D eigenvalue weighted by Gasteiger charge is 2.43. The van der Waals surface area contributed by atoms with Crippen molar-refractivity contribution in [2.24, 2.45) is 17.8 Å². The average Bonchev–Trinajstić information content (AvgIpc) is 4.10. The quantitative estimate of drug-likeness (QED) is 0.155. The summed E-state index contributed by atoms with van der Waals surface area (Å²) in [5.41, 5.74) is 4.36. The van der Waals surface area contributed by atoms with E-state index in [9.17, 15) is 19.2 Å². The Kier molecular flexibility index (Phi) is 13.3. The van der Waals surface area contributed by atoms with Gasteiger partial charge in [0.2, 0.25) is 17.7 Å². The number of amides is 4. The first kappa shape index (κ1) is 44.3. The van der Waals surface area contributed by atoms with Gasteiger partial charge in [-0.25, -0.2) is 14.8 Å². The molecular formula is C47H69N9O5. The summed E-state index contributed by atoms with van der Waals surface area (Å²) in [4.78, 5) is 75.9. The van der Waals surface area contributed by atoms with Gasteiger partial charge in [0.25, 0.3) is 0 Å². The summed E-state index contributed by atoms with van der Waals surface area (Å²) in [6.07, 6.45) is 12.4. The Morgan fingerprint density at radius 3 is 1.80 bits per heavy atom. The smallest absolute Gasteiger partial charge is 0.407 e. The van der Waals surface area contributed by atoms with Crippen molar-refractivity contribution in [2.75, 3.05) is 40.3 Å². The van der Waals surface area contributed by atoms with E-state index in [0.29, 0.717) is 13.1 Å². The second kappa shape index (κ2) is 18.3. The molecule has 4 aliphatic rings. The van der Waals surface area contributed by atoms with Crippen molar-refractivity contribution in [1.29, 1.82) is 0 Å². The summed E-state index contributed by atoms with van der Waals surface area (Å²) in [6, 6.07) is 7.32. The molecule has 3 saturated heterocycles. The maximum atomic E-state index is 14.0. The third-order valence-electron chi connectivity index (χ3n) is 14.6. The lowest BCUT2D eigenvalue weighted by atomic mass is 9.62. The van der Waals surface area contributed by atoms with Crippen molar-refractivity contribution in [3.63, 3.8) is 0 Å². The maximum Gasteiger partial charge on any atom is 0.407 e. The van der Waals surface area contributed by atoms with Crippen molar-refractivity contribution in [2.45, 2.75) is 141 Å². The molecule has 14 heteroatoms. The number of likely N-dealkylation sites (tertiary alicyclic amines) is 3. The molecule has 1 saturated carbocycles. The van der Waals surface area contributed by atoms with E-state index in [2.05, 4.69) is 70.7 Å². The van der Waals surface area contributed by atoms with Crippen LogP contribution in [0.1, 0.15) is 141 Å². The van der Waals surface area contributed by atoms with Crippen LogP contribution in [0.4, 0.5) is 4.79 Å². The first-order chi connectivity index (χ1) is 29.1. The van der Waals surface area contributed by atoms with Crippen LogP contribution in [-0.4, -0.2) is 111 Å². The number of nitrogens with one attached hydrogen (secondary N) is 4. The number of aromatic nitrogens is 4. The molecule has 4 fully saturated rings. The van der Waals surface area contributed by atoms with Gasteiger partial charge in [-0.15, -0.1) is 0 Å². The molecule has 4 N–H and O–H groups in total. The number of ether oxygens (including phenoxy) is 1. The van der Waals surface area contributed by atoms with Gasteiger partial charge >= 0.3 is 6.09 Å². The molecule has 1 aliphatic carbocycles. The average molecular weight is 840 g/mol. The number of alkyl carbamates (subject to hydrolysis) is 1. The van der Waals surface area contributed by atoms with Crippen LogP contribution in [0.5, 0.6) is 0 Å². The van der Waals surface area contributed by atoms with E-state index in [1.54, 1.807) is 0 Å². The van der Waals surface area contributed by atoms with E-state index in [0.717, 1.165) is 106 Å². The summed E-state index contributed by atoms with van der Waals surface area (Å²) < 4.78 is 4.80. The molecule has 14 nitrogen and oxygen atoms in total. The number of carbonyl (C=O) groups is 4. The van der Waals surface area contributed by atoms with Crippen molar-refractivity contribution >= 4 is 23.8 Å². The molecule has 4 atom stereocenters. The molecule has 4 amide bonds. The minimum Gasteiger partial charge on any atom is -0.453 e. The summed E-state index contributed by atoms with van der Waals surface area (Å²) in [5, 5.41) is 5.88. The number of methoxy groups -OCH3 is 1. The van der Waals surface area contributed by atoms with Crippen LogP contribution in [0.15, 0.2) is 36.7 Å². The topological polar surface area (TPSA) is 169 Å². The van der Waals surface area contributed by atoms with E-state index < -0.39 is 18.2 Å². The van der Waals surface area contributed by atoms with Crippen LogP contribution in [0.2, 0.25) is 0 Å². The van der Waals surface area contributed by atoms with E-state index in [1.807, 2.05) is 49.9 Å². The predicted molar refractivity (Wildman–Crippen MR) is 234 cm³/mol. The molecule has 0 spiro atoms. The summed E-state index contributed by atoms with van der Waals surface area (Å²) in [5.74, 6) is 1.31. The van der Waals surface area contributed by atoms with Gasteiger partial charge in [0.1, 0.15) is 23.7 Å². The fraction of sp³-hybridized carbons (Fsp3) is 0.660. The maximum absolute atomic E-state index is 14.0. The Balaban J connectivity index is 0.967. The molecule has 332 valence electrons. The fourth-order valence-corrected chi connectivity index (χ4v) is 10.2. The molecule has 1 aromatic carbocycles. The van der Waals surface area contributed by atoms with Gasteiger partial charge in [0, 0.05) is 36.3 Å². The van der Waals surface area contributed by atoms with Crippen molar-refractivity contribution < 1.29 is 23.9 Å². The van der Waals surface area contributed by atoms with Crippen molar-refractivity contribution in [1.82, 2.24) is 45.3 Å². The molecule has 0 radical (unpaired) electrons. The van der Waals surface area contributed by atoms with Crippen LogP contribution in [0.3, 0.4) is 0 Å². The molecule has 61 heavy (non-hydrogen) atoms. The minimum absolute atomic E-state index is 0.00167. The molecule has 2 aromatic heterocycles. The number of piperidine rings is 1. The SMILES string of the molecule is COC(=O)N[C@H](C(=O)N1CCC[C@H]1c1ncc(C2(C)CCC(C)(c3ccc(-c4cnc([C@@H]5CCCN5C(=O)[C@@H](NC(=O)C5CCN(C)CC5)C(C)C)[nH]4)cc3)CC2)[nH]1)C(C)C. The number of rotatable bonds is 12. The number of carbonyl (C=O) groups excluding carboxylic acids is 4. The largest absolute Gasteiger partial charge is 0.453 e. The molecule has 3 aromatic rings. The van der Waals surface area contributed by atoms with E-state index >= 15 is 0 Å². The van der Waals surface area contributed by atoms with Gasteiger partial charge in [-0.3, -0.25) is 14.4 Å². The highest BCUT2D eigenvalue weighted by molar-refractivity contribution is 5.89. The number of nitrogens with zero attached hydrogens (tertiary/aromatic N) is 5. The second-order valence-corrected chi connectivity index (χ2v) is 19.6. The predicted octanol–water partition coefficient (Wildman–Crippen LogP) is 6.78. The molecule has 5 heterocycles. The van der Waals surface area contributed by atoms with Gasteiger partial charge in [0.05, 0.1) is 31.1 Å². The lowest BCUT2D eigenvalue weighted by Gasteiger charge is -2.43. The Labute approximate surface area is 361 Å². The van der Waals surface area contributed by atoms with Gasteiger partial charge < -0.3 is 40.0 Å². The number of aromatic amines is 2. The van der Waals surface area contributed by atoms with Gasteiger partial charge in [-0.2, -0.15) is 0 Å². The number of benzene rings is 1. The van der Waals surface area contributed by atoms with Crippen LogP contribution in [0, 0.1) is 17.8 Å². The summed E-state index contributed by atoms with van der Waals surface area (Å²) in [6.45, 7) is 15.6. The van der Waals surface area contributed by atoms with Gasteiger partial charge in [-0.1, -0.05) is 65.8 Å². The molecule has 7 rings (SSSR count). The Bertz CT molecular complexity index is 2010.